The summed E-state index contributed by atoms with van der Waals surface area (Å²) in [7, 11) is 0. The fourth-order valence-electron chi connectivity index (χ4n) is 10.5. The van der Waals surface area contributed by atoms with Gasteiger partial charge in [0, 0.05) is 79.6 Å². The Kier molecular flexibility index (Phi) is 29.9. The molecule has 8 amide bonds. The average Bonchev–Trinajstić information content (AvgIpc) is 1.54. The number of hydrogen-bond donors (Lipinski definition) is 8. The second-order valence-electron chi connectivity index (χ2n) is 23.3. The van der Waals surface area contributed by atoms with Crippen molar-refractivity contribution in [1.29, 1.82) is 0 Å². The van der Waals surface area contributed by atoms with Crippen molar-refractivity contribution in [2.45, 2.75) is 117 Å². The molecule has 2 atom stereocenters. The first-order valence-electron chi connectivity index (χ1n) is 32.5. The van der Waals surface area contributed by atoms with Crippen molar-refractivity contribution < 1.29 is 57.2 Å². The molecule has 0 unspecified atom stereocenters. The molecule has 0 radical (unpaired) electrons. The van der Waals surface area contributed by atoms with Gasteiger partial charge < -0.3 is 72.0 Å². The summed E-state index contributed by atoms with van der Waals surface area (Å²) >= 11 is 0. The number of alkyl carbamates (subject to hydrolysis) is 1. The first-order chi connectivity index (χ1) is 46.5. The number of aryl methyl sites for hydroxylation is 2. The van der Waals surface area contributed by atoms with Crippen LogP contribution in [0.15, 0.2) is 121 Å². The van der Waals surface area contributed by atoms with E-state index in [1.807, 2.05) is 97.9 Å². The van der Waals surface area contributed by atoms with Gasteiger partial charge in [-0.25, -0.2) is 14.6 Å². The molecular formula is C72H90N12O12. The summed E-state index contributed by atoms with van der Waals surface area (Å²) in [6, 6.07) is 34.9. The third kappa shape index (κ3) is 23.5. The van der Waals surface area contributed by atoms with Crippen molar-refractivity contribution in [1.82, 2.24) is 41.3 Å². The molecule has 2 heterocycles. The number of benzene rings is 5. The summed E-state index contributed by atoms with van der Waals surface area (Å²) in [5.41, 5.74) is 20.5. The summed E-state index contributed by atoms with van der Waals surface area (Å²) in [5, 5.41) is 23.4. The lowest BCUT2D eigenvalue weighted by Gasteiger charge is -2.25. The number of carbonyl (C=O) groups is 7. The van der Waals surface area contributed by atoms with Gasteiger partial charge in [-0.15, -0.1) is 6.42 Å². The Morgan fingerprint density at radius 2 is 1.33 bits per heavy atom. The minimum absolute atomic E-state index is 0.0162. The highest BCUT2D eigenvalue weighted by atomic mass is 16.6. The SMILES string of the molecule is C#Cc1ccccc1CN(C(=O)CCC(=O)NCCOCCOCCOCCOCCC(=O)N[C@H](C(=O)N[C@@H](CCCNC(N)=O)C(=O)Nc1ccc(COC(=O)NCc2ccc(Cc3c4c(nn3CCCC)c(N)nc3ccccc34)cc2)cc1)C(C)C)c1ccccc1C. The molecule has 0 fully saturated rings. The molecule has 96 heavy (non-hydrogen) atoms. The first kappa shape index (κ1) is 73.5. The monoisotopic (exact) mass is 1310 g/mol. The maximum absolute atomic E-state index is 13.7. The maximum atomic E-state index is 13.7. The van der Waals surface area contributed by atoms with Gasteiger partial charge in [-0.05, 0) is 90.3 Å². The molecule has 10 N–H and O–H groups in total. The zero-order chi connectivity index (χ0) is 68.6. The quantitative estimate of drug-likeness (QED) is 0.0134. The number of nitrogens with two attached hydrogens (primary N) is 2. The summed E-state index contributed by atoms with van der Waals surface area (Å²) in [6.07, 6.45) is 8.16. The summed E-state index contributed by atoms with van der Waals surface area (Å²) in [5.74, 6) is 0.742. The lowest BCUT2D eigenvalue weighted by molar-refractivity contribution is -0.132. The molecule has 24 nitrogen and oxygen atoms in total. The van der Waals surface area contributed by atoms with Gasteiger partial charge in [-0.2, -0.15) is 5.10 Å². The number of anilines is 3. The van der Waals surface area contributed by atoms with Crippen LogP contribution in [0, 0.1) is 25.2 Å². The molecule has 2 aromatic heterocycles. The van der Waals surface area contributed by atoms with Crippen molar-refractivity contribution in [3.05, 3.63) is 160 Å². The number of aromatic nitrogens is 3. The highest BCUT2D eigenvalue weighted by Gasteiger charge is 2.29. The molecule has 0 aliphatic heterocycles. The Hall–Kier alpha value is -9.93. The zero-order valence-corrected chi connectivity index (χ0v) is 55.3. The van der Waals surface area contributed by atoms with E-state index in [2.05, 4.69) is 60.5 Å². The fraction of sp³-hybridized carbons (Fsp3) is 0.403. The number of rotatable bonds is 40. The van der Waals surface area contributed by atoms with E-state index in [-0.39, 0.29) is 103 Å². The number of carbonyl (C=O) groups excluding carboxylic acids is 7. The highest BCUT2D eigenvalue weighted by Crippen LogP contribution is 2.32. The molecule has 7 rings (SSSR count). The van der Waals surface area contributed by atoms with Crippen molar-refractivity contribution in [3.63, 3.8) is 0 Å². The van der Waals surface area contributed by atoms with Gasteiger partial charge in [0.25, 0.3) is 0 Å². The molecule has 0 bridgehead atoms. The average molecular weight is 1320 g/mol. The van der Waals surface area contributed by atoms with E-state index in [0.29, 0.717) is 67.4 Å². The third-order valence-corrected chi connectivity index (χ3v) is 15.7. The second kappa shape index (κ2) is 39.1. The van der Waals surface area contributed by atoms with Crippen LogP contribution >= 0.6 is 0 Å². The number of pyridine rings is 1. The number of amides is 8. The van der Waals surface area contributed by atoms with Crippen LogP contribution in [0.2, 0.25) is 0 Å². The number of nitrogen functional groups attached to an aromatic ring is 1. The zero-order valence-electron chi connectivity index (χ0n) is 55.3. The predicted octanol–water partition coefficient (Wildman–Crippen LogP) is 7.87. The van der Waals surface area contributed by atoms with E-state index in [4.69, 9.17) is 46.7 Å². The van der Waals surface area contributed by atoms with Crippen LogP contribution in [-0.4, -0.2) is 134 Å². The van der Waals surface area contributed by atoms with Crippen LogP contribution in [0.3, 0.4) is 0 Å². The largest absolute Gasteiger partial charge is 0.445 e. The number of urea groups is 1. The summed E-state index contributed by atoms with van der Waals surface area (Å²) in [4.78, 5) is 97.1. The number of nitrogens with zero attached hydrogens (tertiary/aromatic N) is 4. The minimum atomic E-state index is -1.06. The van der Waals surface area contributed by atoms with Crippen LogP contribution in [0.1, 0.15) is 105 Å². The second-order valence-corrected chi connectivity index (χ2v) is 23.3. The summed E-state index contributed by atoms with van der Waals surface area (Å²) < 4.78 is 29.9. The van der Waals surface area contributed by atoms with Gasteiger partial charge in [0.15, 0.2) is 5.82 Å². The van der Waals surface area contributed by atoms with Crippen LogP contribution < -0.4 is 48.3 Å². The van der Waals surface area contributed by atoms with Crippen LogP contribution in [0.4, 0.5) is 26.8 Å². The molecule has 0 aliphatic carbocycles. The van der Waals surface area contributed by atoms with E-state index >= 15 is 0 Å². The van der Waals surface area contributed by atoms with E-state index in [0.717, 1.165) is 69.3 Å². The molecule has 0 spiro atoms. The van der Waals surface area contributed by atoms with Gasteiger partial charge in [-0.1, -0.05) is 124 Å². The van der Waals surface area contributed by atoms with Crippen molar-refractivity contribution in [2.75, 3.05) is 81.9 Å². The van der Waals surface area contributed by atoms with Crippen LogP contribution in [0.25, 0.3) is 21.8 Å². The first-order valence-corrected chi connectivity index (χ1v) is 32.5. The van der Waals surface area contributed by atoms with E-state index in [9.17, 15) is 33.6 Å². The van der Waals surface area contributed by atoms with E-state index < -0.39 is 41.9 Å². The van der Waals surface area contributed by atoms with Gasteiger partial charge in [0.2, 0.25) is 29.5 Å². The number of unbranched alkanes of at least 4 members (excludes halogenated alkanes) is 1. The number of nitrogens with one attached hydrogen (secondary N) is 6. The molecule has 7 aromatic rings. The number of ether oxygens (including phenoxy) is 5. The highest BCUT2D eigenvalue weighted by molar-refractivity contribution is 6.09. The molecule has 0 saturated carbocycles. The number of hydrogen-bond acceptors (Lipinski definition) is 15. The molecule has 5 aromatic carbocycles. The lowest BCUT2D eigenvalue weighted by Crippen LogP contribution is -2.54. The Balaban J connectivity index is 0.742. The number of para-hydroxylation sites is 2. The molecule has 0 saturated heterocycles. The Morgan fingerprint density at radius 3 is 2.03 bits per heavy atom. The van der Waals surface area contributed by atoms with Crippen molar-refractivity contribution >= 4 is 80.7 Å². The van der Waals surface area contributed by atoms with Gasteiger partial charge in [0.1, 0.15) is 24.2 Å². The Bertz CT molecular complexity index is 3740. The topological polar surface area (TPSA) is 324 Å². The van der Waals surface area contributed by atoms with E-state index in [1.54, 1.807) is 43.0 Å². The molecule has 0 aliphatic rings. The standard InChI is InChI=1S/C72H90N12O12/c1-6-8-36-84-61(65-57-19-12-13-20-58(57)79-68(73)67(65)82-84)45-51-23-25-52(26-24-51)46-77-72(91)96-48-53-27-29-56(30-28-53)78-69(88)59(21-15-34-76-71(74)90)80-70(89)66(49(3)4)81-63(86)33-37-92-39-41-94-43-44-95-42-40-93-38-35-75-62(85)31-32-64(87)83(60-22-14-9-16-50(60)5)47-55-18-11-10-17-54(55)7-2/h2,9-14,16-20,22-30,49,59,66H,6,8,15,21,31-48H2,1,3-5H3,(H2,73,79)(H,75,85)(H,77,91)(H,78,88)(H,80,89)(H,81,86)(H3,74,76,90)/t59-,66-/m0/s1. The Labute approximate surface area is 560 Å². The molecule has 510 valence electrons. The predicted molar refractivity (Wildman–Crippen MR) is 368 cm³/mol. The number of fused-ring (bicyclic) bond motifs is 3. The number of primary amides is 1. The minimum Gasteiger partial charge on any atom is -0.445 e. The smallest absolute Gasteiger partial charge is 0.407 e. The third-order valence-electron chi connectivity index (χ3n) is 15.7. The maximum Gasteiger partial charge on any atom is 0.407 e. The van der Waals surface area contributed by atoms with Gasteiger partial charge in [-0.3, -0.25) is 28.7 Å². The van der Waals surface area contributed by atoms with Crippen molar-refractivity contribution in [3.8, 4) is 12.3 Å². The van der Waals surface area contributed by atoms with Crippen LogP contribution in [0.5, 0.6) is 0 Å². The summed E-state index contributed by atoms with van der Waals surface area (Å²) in [6.45, 7) is 11.3. The van der Waals surface area contributed by atoms with Gasteiger partial charge in [0.05, 0.1) is 70.6 Å². The van der Waals surface area contributed by atoms with Gasteiger partial charge >= 0.3 is 12.1 Å². The van der Waals surface area contributed by atoms with Crippen molar-refractivity contribution in [2.24, 2.45) is 11.7 Å². The molecular weight excluding hydrogens is 1220 g/mol. The normalized spacial score (nSPS) is 11.8. The lowest BCUT2D eigenvalue weighted by atomic mass is 10.0. The van der Waals surface area contributed by atoms with E-state index in [1.165, 1.54) is 0 Å². The molecule has 24 heteroatoms. The van der Waals surface area contributed by atoms with Crippen LogP contribution in [-0.2, 0) is 80.3 Å². The Morgan fingerprint density at radius 1 is 0.677 bits per heavy atom. The fourth-order valence-corrected chi connectivity index (χ4v) is 10.5. The number of terminal acetylenes is 1.